The van der Waals surface area contributed by atoms with Crippen molar-refractivity contribution in [3.8, 4) is 5.75 Å². The molecule has 0 spiro atoms. The van der Waals surface area contributed by atoms with E-state index in [1.807, 2.05) is 17.8 Å². The summed E-state index contributed by atoms with van der Waals surface area (Å²) in [6.07, 6.45) is 5.53. The van der Waals surface area contributed by atoms with Gasteiger partial charge in [0.05, 0.1) is 18.0 Å². The number of aromatic nitrogens is 2. The molecule has 22 heavy (non-hydrogen) atoms. The van der Waals surface area contributed by atoms with Gasteiger partial charge in [-0.25, -0.2) is 18.1 Å². The summed E-state index contributed by atoms with van der Waals surface area (Å²) in [6, 6.07) is 6.17. The maximum Gasteiger partial charge on any atom is 0.241 e. The van der Waals surface area contributed by atoms with Gasteiger partial charge in [-0.1, -0.05) is 6.07 Å². The lowest BCUT2D eigenvalue weighted by molar-refractivity contribution is 0.413. The van der Waals surface area contributed by atoms with Crippen molar-refractivity contribution < 1.29 is 13.2 Å². The zero-order chi connectivity index (χ0) is 15.7. The summed E-state index contributed by atoms with van der Waals surface area (Å²) in [5.74, 6) is 1.57. The summed E-state index contributed by atoms with van der Waals surface area (Å²) in [4.78, 5) is 4.50. The minimum absolute atomic E-state index is 0.201. The van der Waals surface area contributed by atoms with Gasteiger partial charge < -0.3 is 9.30 Å². The van der Waals surface area contributed by atoms with Gasteiger partial charge in [-0.15, -0.1) is 0 Å². The lowest BCUT2D eigenvalue weighted by Gasteiger charge is -2.18. The Morgan fingerprint density at radius 1 is 1.41 bits per heavy atom. The standard InChI is InChI=1S/C15H19N3O3S/c1-18-9-8-16-15(18)14(11-6-7-11)17-22(19,20)13-5-3-4-12(10-13)21-2/h3-5,8-11,14,17H,6-7H2,1-2H3/t14-/m0/s1. The molecule has 3 rings (SSSR count). The Morgan fingerprint density at radius 3 is 2.77 bits per heavy atom. The molecule has 1 fully saturated rings. The third-order valence-electron chi connectivity index (χ3n) is 3.86. The van der Waals surface area contributed by atoms with Gasteiger partial charge in [-0.2, -0.15) is 0 Å². The number of rotatable bonds is 6. The monoisotopic (exact) mass is 321 g/mol. The predicted molar refractivity (Wildman–Crippen MR) is 82.0 cm³/mol. The number of nitrogens with zero attached hydrogens (tertiary/aromatic N) is 2. The van der Waals surface area contributed by atoms with E-state index in [-0.39, 0.29) is 10.9 Å². The fourth-order valence-electron chi connectivity index (χ4n) is 2.47. The van der Waals surface area contributed by atoms with Crippen LogP contribution in [-0.2, 0) is 17.1 Å². The molecule has 0 saturated heterocycles. The molecule has 1 aromatic heterocycles. The van der Waals surface area contributed by atoms with E-state index in [9.17, 15) is 8.42 Å². The first kappa shape index (κ1) is 15.1. The zero-order valence-corrected chi connectivity index (χ0v) is 13.4. The molecule has 1 saturated carbocycles. The van der Waals surface area contributed by atoms with Gasteiger partial charge >= 0.3 is 0 Å². The quantitative estimate of drug-likeness (QED) is 0.881. The molecule has 0 amide bonds. The lowest BCUT2D eigenvalue weighted by Crippen LogP contribution is -2.31. The van der Waals surface area contributed by atoms with Crippen LogP contribution >= 0.6 is 0 Å². The highest BCUT2D eigenvalue weighted by molar-refractivity contribution is 7.89. The fourth-order valence-corrected chi connectivity index (χ4v) is 3.77. The van der Waals surface area contributed by atoms with Crippen LogP contribution in [0.15, 0.2) is 41.6 Å². The summed E-state index contributed by atoms with van der Waals surface area (Å²) in [5, 5.41) is 0. The molecular formula is C15H19N3O3S. The van der Waals surface area contributed by atoms with E-state index < -0.39 is 10.0 Å². The molecule has 118 valence electrons. The van der Waals surface area contributed by atoms with Crippen molar-refractivity contribution in [1.82, 2.24) is 14.3 Å². The average molecular weight is 321 g/mol. The SMILES string of the molecule is COc1cccc(S(=O)(=O)N[C@H](c2nccn2C)C2CC2)c1. The maximum atomic E-state index is 12.6. The van der Waals surface area contributed by atoms with Gasteiger partial charge in [0.25, 0.3) is 0 Å². The highest BCUT2D eigenvalue weighted by Gasteiger charge is 2.37. The molecule has 0 radical (unpaired) electrons. The van der Waals surface area contributed by atoms with Gasteiger partial charge in [-0.3, -0.25) is 0 Å². The number of imidazole rings is 1. The molecule has 1 aliphatic rings. The summed E-state index contributed by atoms with van der Waals surface area (Å²) in [6.45, 7) is 0. The predicted octanol–water partition coefficient (Wildman–Crippen LogP) is 1.86. The van der Waals surface area contributed by atoms with E-state index in [0.29, 0.717) is 11.7 Å². The van der Waals surface area contributed by atoms with Crippen LogP contribution in [0.3, 0.4) is 0 Å². The van der Waals surface area contributed by atoms with E-state index in [4.69, 9.17) is 4.74 Å². The largest absolute Gasteiger partial charge is 0.497 e. The molecule has 6 nitrogen and oxygen atoms in total. The third kappa shape index (κ3) is 3.00. The normalized spacial score (nSPS) is 16.5. The molecule has 0 aliphatic heterocycles. The third-order valence-corrected chi connectivity index (χ3v) is 5.30. The topological polar surface area (TPSA) is 73.2 Å². The van der Waals surface area contributed by atoms with Gasteiger partial charge in [0.1, 0.15) is 11.6 Å². The second kappa shape index (κ2) is 5.73. The lowest BCUT2D eigenvalue weighted by atomic mass is 10.2. The highest BCUT2D eigenvalue weighted by atomic mass is 32.2. The number of hydrogen-bond donors (Lipinski definition) is 1. The van der Waals surface area contributed by atoms with Crippen molar-refractivity contribution >= 4 is 10.0 Å². The van der Waals surface area contributed by atoms with E-state index >= 15 is 0 Å². The minimum Gasteiger partial charge on any atom is -0.497 e. The van der Waals surface area contributed by atoms with Crippen LogP contribution < -0.4 is 9.46 Å². The first-order valence-corrected chi connectivity index (χ1v) is 8.63. The van der Waals surface area contributed by atoms with Crippen molar-refractivity contribution in [2.75, 3.05) is 7.11 Å². The van der Waals surface area contributed by atoms with Crippen molar-refractivity contribution in [3.05, 3.63) is 42.5 Å². The van der Waals surface area contributed by atoms with Crippen molar-refractivity contribution in [2.24, 2.45) is 13.0 Å². The maximum absolute atomic E-state index is 12.6. The molecule has 0 bridgehead atoms. The first-order chi connectivity index (χ1) is 10.5. The summed E-state index contributed by atoms with van der Waals surface area (Å²) < 4.78 is 35.0. The molecular weight excluding hydrogens is 302 g/mol. The molecule has 1 aliphatic carbocycles. The molecule has 1 heterocycles. The van der Waals surface area contributed by atoms with Gasteiger partial charge in [0.15, 0.2) is 0 Å². The second-order valence-corrected chi connectivity index (χ2v) is 7.23. The van der Waals surface area contributed by atoms with Crippen LogP contribution in [0.25, 0.3) is 0 Å². The van der Waals surface area contributed by atoms with E-state index in [1.165, 1.54) is 13.2 Å². The Kier molecular flexibility index (Phi) is 3.92. The van der Waals surface area contributed by atoms with E-state index in [0.717, 1.165) is 18.7 Å². The van der Waals surface area contributed by atoms with Crippen LogP contribution in [-0.4, -0.2) is 25.1 Å². The Balaban J connectivity index is 1.90. The summed E-state index contributed by atoms with van der Waals surface area (Å²) in [5.41, 5.74) is 0. The smallest absolute Gasteiger partial charge is 0.241 e. The molecule has 7 heteroatoms. The van der Waals surface area contributed by atoms with Crippen molar-refractivity contribution in [2.45, 2.75) is 23.8 Å². The fraction of sp³-hybridized carbons (Fsp3) is 0.400. The molecule has 2 aromatic rings. The van der Waals surface area contributed by atoms with Crippen LogP contribution in [0.5, 0.6) is 5.75 Å². The number of nitrogens with one attached hydrogen (secondary N) is 1. The van der Waals surface area contributed by atoms with Crippen molar-refractivity contribution in [1.29, 1.82) is 0 Å². The number of ether oxygens (including phenoxy) is 1. The van der Waals surface area contributed by atoms with Gasteiger partial charge in [0.2, 0.25) is 10.0 Å². The summed E-state index contributed by atoms with van der Waals surface area (Å²) in [7, 11) is -0.237. The number of hydrogen-bond acceptors (Lipinski definition) is 4. The average Bonchev–Trinajstić information content (AvgIpc) is 3.27. The molecule has 0 unspecified atom stereocenters. The molecule has 1 aromatic carbocycles. The second-order valence-electron chi connectivity index (χ2n) is 5.51. The molecule has 1 N–H and O–H groups in total. The van der Waals surface area contributed by atoms with E-state index in [2.05, 4.69) is 9.71 Å². The zero-order valence-electron chi connectivity index (χ0n) is 12.6. The van der Waals surface area contributed by atoms with Crippen LogP contribution in [0.4, 0.5) is 0 Å². The first-order valence-electron chi connectivity index (χ1n) is 7.15. The Labute approximate surface area is 130 Å². The van der Waals surface area contributed by atoms with Gasteiger partial charge in [0, 0.05) is 25.5 Å². The van der Waals surface area contributed by atoms with Crippen LogP contribution in [0.1, 0.15) is 24.7 Å². The number of benzene rings is 1. The Bertz CT molecular complexity index is 766. The summed E-state index contributed by atoms with van der Waals surface area (Å²) >= 11 is 0. The number of sulfonamides is 1. The van der Waals surface area contributed by atoms with Gasteiger partial charge in [-0.05, 0) is 30.9 Å². The Hall–Kier alpha value is -1.86. The van der Waals surface area contributed by atoms with Crippen LogP contribution in [0.2, 0.25) is 0 Å². The molecule has 1 atom stereocenters. The van der Waals surface area contributed by atoms with Crippen LogP contribution in [0, 0.1) is 5.92 Å². The number of aryl methyl sites for hydroxylation is 1. The minimum atomic E-state index is -3.62. The number of methoxy groups -OCH3 is 1. The Morgan fingerprint density at radius 2 is 2.18 bits per heavy atom. The van der Waals surface area contributed by atoms with E-state index in [1.54, 1.807) is 24.4 Å². The van der Waals surface area contributed by atoms with Crippen molar-refractivity contribution in [3.63, 3.8) is 0 Å². The highest BCUT2D eigenvalue weighted by Crippen LogP contribution is 2.41.